The lowest BCUT2D eigenvalue weighted by atomic mass is 10.2. The van der Waals surface area contributed by atoms with Gasteiger partial charge in [-0.25, -0.2) is 0 Å². The van der Waals surface area contributed by atoms with Gasteiger partial charge in [-0.15, -0.1) is 0 Å². The third-order valence-electron chi connectivity index (χ3n) is 2.86. The fraction of sp³-hybridized carbons (Fsp3) is 0.600. The molecule has 88 valence electrons. The lowest BCUT2D eigenvalue weighted by molar-refractivity contribution is 0.0643. The third-order valence-corrected chi connectivity index (χ3v) is 3.44. The molecule has 1 aliphatic heterocycles. The SMILES string of the molecule is C[C@@H]1CNCCN1C(=O)c1c(Br)cnn1C. The molecule has 16 heavy (non-hydrogen) atoms. The summed E-state index contributed by atoms with van der Waals surface area (Å²) >= 11 is 3.36. The first kappa shape index (κ1) is 11.6. The van der Waals surface area contributed by atoms with E-state index in [1.165, 1.54) is 0 Å². The molecule has 2 rings (SSSR count). The molecule has 0 bridgehead atoms. The van der Waals surface area contributed by atoms with Crippen molar-refractivity contribution in [3.8, 4) is 0 Å². The van der Waals surface area contributed by atoms with E-state index in [0.717, 1.165) is 24.1 Å². The molecule has 0 aromatic carbocycles. The summed E-state index contributed by atoms with van der Waals surface area (Å²) < 4.78 is 2.37. The van der Waals surface area contributed by atoms with E-state index < -0.39 is 0 Å². The quantitative estimate of drug-likeness (QED) is 0.823. The Bertz CT molecular complexity index is 384. The van der Waals surface area contributed by atoms with Crippen LogP contribution in [0.4, 0.5) is 0 Å². The van der Waals surface area contributed by atoms with Gasteiger partial charge in [-0.1, -0.05) is 0 Å². The van der Waals surface area contributed by atoms with Crippen molar-refractivity contribution in [1.82, 2.24) is 20.0 Å². The molecule has 1 atom stereocenters. The van der Waals surface area contributed by atoms with E-state index in [-0.39, 0.29) is 11.9 Å². The van der Waals surface area contributed by atoms with Crippen LogP contribution in [0.15, 0.2) is 10.7 Å². The summed E-state index contributed by atoms with van der Waals surface area (Å²) in [5.41, 5.74) is 0.619. The number of halogens is 1. The van der Waals surface area contributed by atoms with Crippen LogP contribution in [0.5, 0.6) is 0 Å². The highest BCUT2D eigenvalue weighted by Gasteiger charge is 2.27. The van der Waals surface area contributed by atoms with E-state index in [0.29, 0.717) is 5.69 Å². The van der Waals surface area contributed by atoms with E-state index in [4.69, 9.17) is 0 Å². The predicted molar refractivity (Wildman–Crippen MR) is 64.3 cm³/mol. The molecule has 6 heteroatoms. The van der Waals surface area contributed by atoms with E-state index >= 15 is 0 Å². The van der Waals surface area contributed by atoms with E-state index in [1.54, 1.807) is 17.9 Å². The Morgan fingerprint density at radius 3 is 3.00 bits per heavy atom. The molecule has 2 heterocycles. The van der Waals surface area contributed by atoms with Gasteiger partial charge in [-0.3, -0.25) is 9.48 Å². The van der Waals surface area contributed by atoms with Crippen molar-refractivity contribution in [2.75, 3.05) is 19.6 Å². The van der Waals surface area contributed by atoms with Crippen LogP contribution in [0.3, 0.4) is 0 Å². The average Bonchev–Trinajstić information content (AvgIpc) is 2.58. The van der Waals surface area contributed by atoms with E-state index in [2.05, 4.69) is 26.3 Å². The highest BCUT2D eigenvalue weighted by Crippen LogP contribution is 2.18. The van der Waals surface area contributed by atoms with Crippen molar-refractivity contribution >= 4 is 21.8 Å². The number of nitrogens with zero attached hydrogens (tertiary/aromatic N) is 3. The summed E-state index contributed by atoms with van der Waals surface area (Å²) in [7, 11) is 1.78. The molecule has 1 saturated heterocycles. The number of carbonyl (C=O) groups excluding carboxylic acids is 1. The highest BCUT2D eigenvalue weighted by molar-refractivity contribution is 9.10. The average molecular weight is 287 g/mol. The Hall–Kier alpha value is -0.880. The lowest BCUT2D eigenvalue weighted by Crippen LogP contribution is -2.52. The lowest BCUT2D eigenvalue weighted by Gasteiger charge is -2.33. The maximum absolute atomic E-state index is 12.3. The standard InChI is InChI=1S/C10H15BrN4O/c1-7-5-12-3-4-15(7)10(16)9-8(11)6-13-14(9)2/h6-7,12H,3-5H2,1-2H3/t7-/m1/s1. The fourth-order valence-electron chi connectivity index (χ4n) is 1.93. The van der Waals surface area contributed by atoms with Crippen molar-refractivity contribution in [3.63, 3.8) is 0 Å². The van der Waals surface area contributed by atoms with Crippen LogP contribution in [0.1, 0.15) is 17.4 Å². The zero-order valence-electron chi connectivity index (χ0n) is 9.40. The smallest absolute Gasteiger partial charge is 0.273 e. The fourth-order valence-corrected chi connectivity index (χ4v) is 2.45. The molecule has 5 nitrogen and oxygen atoms in total. The first-order valence-corrected chi connectivity index (χ1v) is 6.09. The van der Waals surface area contributed by atoms with E-state index in [1.807, 2.05) is 11.8 Å². The number of rotatable bonds is 1. The Morgan fingerprint density at radius 2 is 2.44 bits per heavy atom. The zero-order valence-corrected chi connectivity index (χ0v) is 11.0. The van der Waals surface area contributed by atoms with Crippen molar-refractivity contribution in [3.05, 3.63) is 16.4 Å². The maximum atomic E-state index is 12.3. The summed E-state index contributed by atoms with van der Waals surface area (Å²) in [5, 5.41) is 7.33. The van der Waals surface area contributed by atoms with Gasteiger partial charge in [0.15, 0.2) is 0 Å². The summed E-state index contributed by atoms with van der Waals surface area (Å²) in [5.74, 6) is 0.0425. The molecular formula is C10H15BrN4O. The van der Waals surface area contributed by atoms with Crippen LogP contribution < -0.4 is 5.32 Å². The number of carbonyl (C=O) groups is 1. The van der Waals surface area contributed by atoms with Crippen LogP contribution in [-0.4, -0.2) is 46.3 Å². The van der Waals surface area contributed by atoms with Crippen LogP contribution in [0.2, 0.25) is 0 Å². The van der Waals surface area contributed by atoms with Gasteiger partial charge in [0.25, 0.3) is 5.91 Å². The predicted octanol–water partition coefficient (Wildman–Crippen LogP) is 0.616. The largest absolute Gasteiger partial charge is 0.332 e. The maximum Gasteiger partial charge on any atom is 0.273 e. The minimum atomic E-state index is 0.0425. The second-order valence-corrected chi connectivity index (χ2v) is 4.87. The highest BCUT2D eigenvalue weighted by atomic mass is 79.9. The van der Waals surface area contributed by atoms with Gasteiger partial charge >= 0.3 is 0 Å². The second-order valence-electron chi connectivity index (χ2n) is 4.02. The van der Waals surface area contributed by atoms with Crippen LogP contribution in [0.25, 0.3) is 0 Å². The van der Waals surface area contributed by atoms with Crippen LogP contribution in [-0.2, 0) is 7.05 Å². The van der Waals surface area contributed by atoms with Crippen LogP contribution >= 0.6 is 15.9 Å². The Labute approximate surface area is 103 Å². The van der Waals surface area contributed by atoms with Gasteiger partial charge in [-0.2, -0.15) is 5.10 Å². The summed E-state index contributed by atoms with van der Waals surface area (Å²) in [6.07, 6.45) is 1.65. The van der Waals surface area contributed by atoms with E-state index in [9.17, 15) is 4.79 Å². The molecule has 1 amide bonds. The molecule has 0 radical (unpaired) electrons. The van der Waals surface area contributed by atoms with Gasteiger partial charge in [0.05, 0.1) is 10.7 Å². The van der Waals surface area contributed by atoms with Gasteiger partial charge in [0, 0.05) is 32.7 Å². The van der Waals surface area contributed by atoms with Crippen molar-refractivity contribution in [2.45, 2.75) is 13.0 Å². The number of hydrogen-bond acceptors (Lipinski definition) is 3. The van der Waals surface area contributed by atoms with Crippen molar-refractivity contribution < 1.29 is 4.79 Å². The summed E-state index contributed by atoms with van der Waals surface area (Å²) in [6.45, 7) is 4.50. The number of piperazine rings is 1. The summed E-state index contributed by atoms with van der Waals surface area (Å²) in [6, 6.07) is 0.225. The van der Waals surface area contributed by atoms with Crippen molar-refractivity contribution in [2.24, 2.45) is 7.05 Å². The molecule has 0 unspecified atom stereocenters. The minimum absolute atomic E-state index is 0.0425. The number of aryl methyl sites for hydroxylation is 1. The minimum Gasteiger partial charge on any atom is -0.332 e. The monoisotopic (exact) mass is 286 g/mol. The Balaban J connectivity index is 2.24. The first-order valence-electron chi connectivity index (χ1n) is 5.30. The Morgan fingerprint density at radius 1 is 1.69 bits per heavy atom. The van der Waals surface area contributed by atoms with Gasteiger partial charge < -0.3 is 10.2 Å². The molecule has 1 aromatic heterocycles. The molecular weight excluding hydrogens is 272 g/mol. The second kappa shape index (κ2) is 4.55. The molecule has 0 spiro atoms. The summed E-state index contributed by atoms with van der Waals surface area (Å²) in [4.78, 5) is 14.2. The molecule has 1 aromatic rings. The van der Waals surface area contributed by atoms with Gasteiger partial charge in [-0.05, 0) is 22.9 Å². The van der Waals surface area contributed by atoms with Crippen LogP contribution in [0, 0.1) is 0 Å². The van der Waals surface area contributed by atoms with Gasteiger partial charge in [0.2, 0.25) is 0 Å². The first-order chi connectivity index (χ1) is 7.61. The molecule has 0 saturated carbocycles. The number of amides is 1. The third kappa shape index (κ3) is 1.99. The molecule has 0 aliphatic carbocycles. The molecule has 1 fully saturated rings. The normalized spacial score (nSPS) is 21.2. The van der Waals surface area contributed by atoms with Crippen molar-refractivity contribution in [1.29, 1.82) is 0 Å². The van der Waals surface area contributed by atoms with Gasteiger partial charge in [0.1, 0.15) is 5.69 Å². The Kier molecular flexibility index (Phi) is 3.30. The molecule has 1 N–H and O–H groups in total. The topological polar surface area (TPSA) is 50.2 Å². The zero-order chi connectivity index (χ0) is 11.7. The molecule has 1 aliphatic rings. The number of nitrogens with one attached hydrogen (secondary N) is 1. The number of aromatic nitrogens is 2. The number of hydrogen-bond donors (Lipinski definition) is 1.